The minimum atomic E-state index is 0.0977. The number of nitrogens with one attached hydrogen (secondary N) is 2. The molecule has 2 heterocycles. The van der Waals surface area contributed by atoms with Crippen LogP contribution in [-0.2, 0) is 4.79 Å². The summed E-state index contributed by atoms with van der Waals surface area (Å²) in [7, 11) is 0. The summed E-state index contributed by atoms with van der Waals surface area (Å²) in [6, 6.07) is 6.19. The number of halogens is 1. The summed E-state index contributed by atoms with van der Waals surface area (Å²) in [4.78, 5) is 14.2. The molecule has 2 aliphatic heterocycles. The number of hydrogen-bond acceptors (Lipinski definition) is 3. The van der Waals surface area contributed by atoms with Crippen molar-refractivity contribution in [2.75, 3.05) is 29.9 Å². The van der Waals surface area contributed by atoms with Crippen LogP contribution in [0, 0.1) is 0 Å². The Balaban J connectivity index is 2.10. The van der Waals surface area contributed by atoms with Gasteiger partial charge < -0.3 is 15.5 Å². The van der Waals surface area contributed by atoms with Crippen molar-refractivity contribution >= 4 is 33.2 Å². The molecular formula is C12H14BrN3O. The molecule has 0 aromatic heterocycles. The Kier molecular flexibility index (Phi) is 2.80. The van der Waals surface area contributed by atoms with E-state index in [0.717, 1.165) is 35.5 Å². The van der Waals surface area contributed by atoms with Gasteiger partial charge in [0.2, 0.25) is 5.91 Å². The minimum absolute atomic E-state index is 0.0977. The fourth-order valence-corrected chi connectivity index (χ4v) is 3.15. The highest BCUT2D eigenvalue weighted by Crippen LogP contribution is 2.38. The molecule has 0 aliphatic carbocycles. The van der Waals surface area contributed by atoms with E-state index >= 15 is 0 Å². The first-order chi connectivity index (χ1) is 8.25. The van der Waals surface area contributed by atoms with Gasteiger partial charge in [-0.25, -0.2) is 0 Å². The molecule has 0 spiro atoms. The van der Waals surface area contributed by atoms with E-state index in [1.807, 2.05) is 18.2 Å². The maximum absolute atomic E-state index is 11.8. The molecule has 1 aromatic carbocycles. The average molecular weight is 296 g/mol. The predicted octanol–water partition coefficient (Wildman–Crippen LogP) is 1.57. The number of para-hydroxylation sites is 1. The lowest BCUT2D eigenvalue weighted by molar-refractivity contribution is -0.116. The molecule has 0 bridgehead atoms. The molecule has 1 unspecified atom stereocenters. The van der Waals surface area contributed by atoms with Gasteiger partial charge in [0, 0.05) is 30.5 Å². The molecule has 1 fully saturated rings. The number of piperazine rings is 1. The number of carbonyl (C=O) groups is 1. The molecule has 90 valence electrons. The maximum Gasteiger partial charge on any atom is 0.226 e. The summed E-state index contributed by atoms with van der Waals surface area (Å²) in [5.74, 6) is 0.0977. The van der Waals surface area contributed by atoms with Gasteiger partial charge in [0.05, 0.1) is 17.4 Å². The molecule has 0 radical (unpaired) electrons. The fraction of sp³-hybridized carbons (Fsp3) is 0.417. The van der Waals surface area contributed by atoms with Crippen LogP contribution in [0.5, 0.6) is 0 Å². The fourth-order valence-electron chi connectivity index (χ4n) is 2.56. The van der Waals surface area contributed by atoms with Crippen LogP contribution in [0.2, 0.25) is 0 Å². The second kappa shape index (κ2) is 4.31. The topological polar surface area (TPSA) is 44.4 Å². The molecule has 0 saturated carbocycles. The zero-order valence-corrected chi connectivity index (χ0v) is 11.0. The molecule has 17 heavy (non-hydrogen) atoms. The summed E-state index contributed by atoms with van der Waals surface area (Å²) in [6.07, 6.45) is 0.550. The van der Waals surface area contributed by atoms with Crippen molar-refractivity contribution in [3.8, 4) is 0 Å². The molecule has 5 heteroatoms. The first kappa shape index (κ1) is 11.0. The molecule has 4 nitrogen and oxygen atoms in total. The van der Waals surface area contributed by atoms with Crippen LogP contribution < -0.4 is 15.5 Å². The lowest BCUT2D eigenvalue weighted by atomic mass is 10.1. The van der Waals surface area contributed by atoms with Gasteiger partial charge in [-0.1, -0.05) is 6.07 Å². The molecule has 2 N–H and O–H groups in total. The molecule has 1 aromatic rings. The van der Waals surface area contributed by atoms with Crippen molar-refractivity contribution < 1.29 is 4.79 Å². The van der Waals surface area contributed by atoms with Gasteiger partial charge in [-0.3, -0.25) is 4.79 Å². The number of rotatable bonds is 0. The van der Waals surface area contributed by atoms with E-state index < -0.39 is 0 Å². The van der Waals surface area contributed by atoms with E-state index in [-0.39, 0.29) is 11.9 Å². The van der Waals surface area contributed by atoms with Gasteiger partial charge in [0.1, 0.15) is 0 Å². The quantitative estimate of drug-likeness (QED) is 0.764. The van der Waals surface area contributed by atoms with Crippen LogP contribution in [0.4, 0.5) is 11.4 Å². The normalized spacial score (nSPS) is 23.5. The molecule has 1 amide bonds. The molecular weight excluding hydrogens is 282 g/mol. The number of carbonyl (C=O) groups excluding carboxylic acids is 1. The van der Waals surface area contributed by atoms with E-state index in [1.54, 1.807) is 0 Å². The standard InChI is InChI=1S/C12H14BrN3O/c13-9-2-1-3-10-12(9)16-5-4-14-7-8(16)6-11(17)15-10/h1-3,8,14H,4-7H2,(H,15,17). The van der Waals surface area contributed by atoms with Gasteiger partial charge in [0.15, 0.2) is 0 Å². The van der Waals surface area contributed by atoms with Crippen molar-refractivity contribution in [2.45, 2.75) is 12.5 Å². The van der Waals surface area contributed by atoms with Crippen molar-refractivity contribution in [1.29, 1.82) is 0 Å². The zero-order chi connectivity index (χ0) is 11.8. The van der Waals surface area contributed by atoms with E-state index in [9.17, 15) is 4.79 Å². The number of nitrogens with zero attached hydrogens (tertiary/aromatic N) is 1. The highest BCUT2D eigenvalue weighted by molar-refractivity contribution is 9.10. The number of anilines is 2. The van der Waals surface area contributed by atoms with E-state index in [0.29, 0.717) is 6.42 Å². The van der Waals surface area contributed by atoms with E-state index in [4.69, 9.17) is 0 Å². The van der Waals surface area contributed by atoms with Crippen LogP contribution in [-0.4, -0.2) is 31.6 Å². The Hall–Kier alpha value is -1.07. The lowest BCUT2D eigenvalue weighted by Gasteiger charge is -2.37. The highest BCUT2D eigenvalue weighted by Gasteiger charge is 2.30. The van der Waals surface area contributed by atoms with Crippen LogP contribution in [0.1, 0.15) is 6.42 Å². The molecule has 1 saturated heterocycles. The van der Waals surface area contributed by atoms with E-state index in [2.05, 4.69) is 31.5 Å². The Morgan fingerprint density at radius 3 is 3.18 bits per heavy atom. The van der Waals surface area contributed by atoms with Crippen LogP contribution in [0.25, 0.3) is 0 Å². The van der Waals surface area contributed by atoms with Crippen LogP contribution >= 0.6 is 15.9 Å². The number of hydrogen-bond donors (Lipinski definition) is 2. The Bertz CT molecular complexity index is 463. The molecule has 2 aliphatic rings. The third-order valence-electron chi connectivity index (χ3n) is 3.32. The first-order valence-corrected chi connectivity index (χ1v) is 6.61. The van der Waals surface area contributed by atoms with Crippen molar-refractivity contribution in [2.24, 2.45) is 0 Å². The van der Waals surface area contributed by atoms with Crippen LogP contribution in [0.15, 0.2) is 22.7 Å². The third-order valence-corrected chi connectivity index (χ3v) is 3.96. The summed E-state index contributed by atoms with van der Waals surface area (Å²) in [5.41, 5.74) is 2.03. The van der Waals surface area contributed by atoms with Crippen molar-refractivity contribution in [3.05, 3.63) is 22.7 Å². The Morgan fingerprint density at radius 1 is 1.41 bits per heavy atom. The second-order valence-corrected chi connectivity index (χ2v) is 5.29. The third kappa shape index (κ3) is 1.93. The largest absolute Gasteiger partial charge is 0.363 e. The van der Waals surface area contributed by atoms with Gasteiger partial charge >= 0.3 is 0 Å². The van der Waals surface area contributed by atoms with Gasteiger partial charge in [-0.15, -0.1) is 0 Å². The summed E-state index contributed by atoms with van der Waals surface area (Å²) in [5, 5.41) is 6.33. The number of fused-ring (bicyclic) bond motifs is 3. The second-order valence-electron chi connectivity index (χ2n) is 4.44. The SMILES string of the molecule is O=C1CC2CNCCN2c2c(Br)cccc2N1. The van der Waals surface area contributed by atoms with E-state index in [1.165, 1.54) is 0 Å². The Morgan fingerprint density at radius 2 is 2.29 bits per heavy atom. The lowest BCUT2D eigenvalue weighted by Crippen LogP contribution is -2.51. The zero-order valence-electron chi connectivity index (χ0n) is 9.37. The molecule has 1 atom stereocenters. The summed E-state index contributed by atoms with van der Waals surface area (Å²) >= 11 is 3.59. The highest BCUT2D eigenvalue weighted by atomic mass is 79.9. The monoisotopic (exact) mass is 295 g/mol. The number of amides is 1. The first-order valence-electron chi connectivity index (χ1n) is 5.81. The van der Waals surface area contributed by atoms with Gasteiger partial charge in [0.25, 0.3) is 0 Å². The predicted molar refractivity (Wildman–Crippen MR) is 71.4 cm³/mol. The van der Waals surface area contributed by atoms with Crippen molar-refractivity contribution in [1.82, 2.24) is 5.32 Å². The molecule has 3 rings (SSSR count). The average Bonchev–Trinajstić information content (AvgIpc) is 2.44. The number of benzene rings is 1. The van der Waals surface area contributed by atoms with Gasteiger partial charge in [-0.2, -0.15) is 0 Å². The smallest absolute Gasteiger partial charge is 0.226 e. The summed E-state index contributed by atoms with van der Waals surface area (Å²) in [6.45, 7) is 2.77. The summed E-state index contributed by atoms with van der Waals surface area (Å²) < 4.78 is 1.05. The minimum Gasteiger partial charge on any atom is -0.363 e. The van der Waals surface area contributed by atoms with Crippen molar-refractivity contribution in [3.63, 3.8) is 0 Å². The maximum atomic E-state index is 11.8. The Labute approximate surface area is 108 Å². The van der Waals surface area contributed by atoms with Crippen LogP contribution in [0.3, 0.4) is 0 Å². The van der Waals surface area contributed by atoms with Gasteiger partial charge in [-0.05, 0) is 28.1 Å².